The summed E-state index contributed by atoms with van der Waals surface area (Å²) in [5, 5.41) is 2.70. The SMILES string of the molecule is COc1ccc(S(=O)(=O)N(C)c2ccc(C(=O)Nc3c(C)n(-c4ccccc4)n(C)c3=O)cc2)cc1. The van der Waals surface area contributed by atoms with Crippen molar-refractivity contribution < 1.29 is 17.9 Å². The van der Waals surface area contributed by atoms with Gasteiger partial charge in [0.05, 0.1) is 29.1 Å². The largest absolute Gasteiger partial charge is 0.497 e. The van der Waals surface area contributed by atoms with Crippen molar-refractivity contribution >= 4 is 27.3 Å². The van der Waals surface area contributed by atoms with Crippen LogP contribution >= 0.6 is 0 Å². The first-order valence-electron chi connectivity index (χ1n) is 11.0. The van der Waals surface area contributed by atoms with Crippen LogP contribution in [-0.4, -0.2) is 37.8 Å². The second-order valence-electron chi connectivity index (χ2n) is 8.09. The summed E-state index contributed by atoms with van der Waals surface area (Å²) in [6.07, 6.45) is 0. The number of carbonyl (C=O) groups excluding carboxylic acids is 1. The first-order valence-corrected chi connectivity index (χ1v) is 12.5. The lowest BCUT2D eigenvalue weighted by Gasteiger charge is -2.20. The number of rotatable bonds is 7. The summed E-state index contributed by atoms with van der Waals surface area (Å²) in [4.78, 5) is 25.9. The molecule has 3 aromatic carbocycles. The molecule has 0 aliphatic heterocycles. The van der Waals surface area contributed by atoms with Crippen LogP contribution in [0.15, 0.2) is 88.6 Å². The summed E-state index contributed by atoms with van der Waals surface area (Å²) in [6.45, 7) is 1.76. The van der Waals surface area contributed by atoms with Gasteiger partial charge in [0, 0.05) is 19.7 Å². The predicted molar refractivity (Wildman–Crippen MR) is 139 cm³/mol. The number of benzene rings is 3. The minimum absolute atomic E-state index is 0.113. The van der Waals surface area contributed by atoms with E-state index in [0.717, 1.165) is 9.99 Å². The highest BCUT2D eigenvalue weighted by Gasteiger charge is 2.22. The summed E-state index contributed by atoms with van der Waals surface area (Å²) in [7, 11) is 0.767. The number of ether oxygens (including phenoxy) is 1. The van der Waals surface area contributed by atoms with E-state index in [-0.39, 0.29) is 21.7 Å². The molecule has 186 valence electrons. The highest BCUT2D eigenvalue weighted by atomic mass is 32.2. The molecule has 4 rings (SSSR count). The van der Waals surface area contributed by atoms with Gasteiger partial charge in [-0.1, -0.05) is 18.2 Å². The normalized spacial score (nSPS) is 11.2. The minimum Gasteiger partial charge on any atom is -0.497 e. The topological polar surface area (TPSA) is 103 Å². The Balaban J connectivity index is 1.55. The molecule has 1 N–H and O–H groups in total. The number of nitrogens with one attached hydrogen (secondary N) is 1. The Bertz CT molecular complexity index is 1560. The van der Waals surface area contributed by atoms with Crippen molar-refractivity contribution in [2.75, 3.05) is 23.8 Å². The second kappa shape index (κ2) is 9.74. The molecule has 36 heavy (non-hydrogen) atoms. The smallest absolute Gasteiger partial charge is 0.290 e. The lowest BCUT2D eigenvalue weighted by molar-refractivity contribution is 0.102. The number of hydrogen-bond acceptors (Lipinski definition) is 5. The van der Waals surface area contributed by atoms with E-state index in [4.69, 9.17) is 4.74 Å². The number of aromatic nitrogens is 2. The van der Waals surface area contributed by atoms with E-state index < -0.39 is 15.9 Å². The Labute approximate surface area is 209 Å². The molecule has 1 heterocycles. The third kappa shape index (κ3) is 4.50. The summed E-state index contributed by atoms with van der Waals surface area (Å²) < 4.78 is 35.3. The fourth-order valence-corrected chi connectivity index (χ4v) is 5.07. The molecule has 1 amide bonds. The molecular weight excluding hydrogens is 480 g/mol. The first-order chi connectivity index (χ1) is 17.1. The van der Waals surface area contributed by atoms with E-state index in [9.17, 15) is 18.0 Å². The van der Waals surface area contributed by atoms with Crippen molar-refractivity contribution in [3.8, 4) is 11.4 Å². The number of amides is 1. The van der Waals surface area contributed by atoms with Crippen LogP contribution in [-0.2, 0) is 17.1 Å². The maximum Gasteiger partial charge on any atom is 0.290 e. The lowest BCUT2D eigenvalue weighted by atomic mass is 10.2. The number of para-hydroxylation sites is 1. The monoisotopic (exact) mass is 506 g/mol. The molecule has 0 saturated heterocycles. The van der Waals surface area contributed by atoms with E-state index >= 15 is 0 Å². The van der Waals surface area contributed by atoms with Gasteiger partial charge in [-0.25, -0.2) is 13.1 Å². The van der Waals surface area contributed by atoms with E-state index in [0.29, 0.717) is 17.1 Å². The van der Waals surface area contributed by atoms with Crippen molar-refractivity contribution in [2.24, 2.45) is 7.05 Å². The van der Waals surface area contributed by atoms with Crippen molar-refractivity contribution in [1.29, 1.82) is 0 Å². The highest BCUT2D eigenvalue weighted by molar-refractivity contribution is 7.92. The highest BCUT2D eigenvalue weighted by Crippen LogP contribution is 2.24. The number of carbonyl (C=O) groups is 1. The molecular formula is C26H26N4O5S. The molecule has 0 saturated carbocycles. The summed E-state index contributed by atoms with van der Waals surface area (Å²) in [6, 6.07) is 21.5. The predicted octanol–water partition coefficient (Wildman–Crippen LogP) is 3.57. The zero-order valence-corrected chi connectivity index (χ0v) is 21.1. The Hall–Kier alpha value is -4.31. The van der Waals surface area contributed by atoms with Gasteiger partial charge in [-0.3, -0.25) is 18.6 Å². The Morgan fingerprint density at radius 1 is 0.944 bits per heavy atom. The molecule has 4 aromatic rings. The quantitative estimate of drug-likeness (QED) is 0.413. The summed E-state index contributed by atoms with van der Waals surface area (Å²) in [5.74, 6) is 0.0735. The van der Waals surface area contributed by atoms with Gasteiger partial charge in [-0.05, 0) is 67.6 Å². The zero-order chi connectivity index (χ0) is 26.0. The Morgan fingerprint density at radius 2 is 1.56 bits per heavy atom. The van der Waals surface area contributed by atoms with E-state index in [2.05, 4.69) is 5.32 Å². The third-order valence-electron chi connectivity index (χ3n) is 5.94. The molecule has 0 spiro atoms. The van der Waals surface area contributed by atoms with Crippen LogP contribution in [0.1, 0.15) is 16.1 Å². The average molecular weight is 507 g/mol. The number of sulfonamides is 1. The standard InChI is InChI=1S/C26H26N4O5S/c1-18-24(26(32)28(2)30(18)21-8-6-5-7-9-21)27-25(31)19-10-12-20(13-11-19)29(3)36(33,34)23-16-14-22(35-4)15-17-23/h5-17H,1-4H3,(H,27,31). The van der Waals surface area contributed by atoms with Crippen molar-refractivity contribution in [1.82, 2.24) is 9.36 Å². The zero-order valence-electron chi connectivity index (χ0n) is 20.3. The van der Waals surface area contributed by atoms with Crippen LogP contribution < -0.4 is 19.9 Å². The molecule has 0 unspecified atom stereocenters. The molecule has 0 radical (unpaired) electrons. The third-order valence-corrected chi connectivity index (χ3v) is 7.74. The van der Waals surface area contributed by atoms with Gasteiger partial charge in [-0.2, -0.15) is 0 Å². The minimum atomic E-state index is -3.81. The number of hydrogen-bond donors (Lipinski definition) is 1. The fraction of sp³-hybridized carbons (Fsp3) is 0.154. The molecule has 0 aliphatic carbocycles. The molecule has 0 fully saturated rings. The van der Waals surface area contributed by atoms with Gasteiger partial charge in [0.15, 0.2) is 0 Å². The van der Waals surface area contributed by atoms with Gasteiger partial charge < -0.3 is 10.1 Å². The molecule has 10 heteroatoms. The molecule has 1 aromatic heterocycles. The van der Waals surface area contributed by atoms with Crippen LogP contribution in [0.25, 0.3) is 5.69 Å². The second-order valence-corrected chi connectivity index (χ2v) is 10.1. The lowest BCUT2D eigenvalue weighted by Crippen LogP contribution is -2.26. The maximum absolute atomic E-state index is 13.0. The van der Waals surface area contributed by atoms with Crippen LogP contribution in [0.5, 0.6) is 5.75 Å². The van der Waals surface area contributed by atoms with Crippen LogP contribution in [0.3, 0.4) is 0 Å². The van der Waals surface area contributed by atoms with Crippen molar-refractivity contribution in [3.05, 3.63) is 100 Å². The fourth-order valence-electron chi connectivity index (χ4n) is 3.87. The number of methoxy groups -OCH3 is 1. The maximum atomic E-state index is 13.0. The van der Waals surface area contributed by atoms with Crippen molar-refractivity contribution in [3.63, 3.8) is 0 Å². The summed E-state index contributed by atoms with van der Waals surface area (Å²) in [5.41, 5.74) is 1.87. The number of nitrogens with zero attached hydrogens (tertiary/aromatic N) is 3. The van der Waals surface area contributed by atoms with Gasteiger partial charge in [0.1, 0.15) is 11.4 Å². The van der Waals surface area contributed by atoms with Crippen LogP contribution in [0, 0.1) is 6.92 Å². The Kier molecular flexibility index (Phi) is 6.71. The Morgan fingerprint density at radius 3 is 2.14 bits per heavy atom. The van der Waals surface area contributed by atoms with E-state index in [1.165, 1.54) is 55.2 Å². The van der Waals surface area contributed by atoms with Gasteiger partial charge in [-0.15, -0.1) is 0 Å². The van der Waals surface area contributed by atoms with Crippen molar-refractivity contribution in [2.45, 2.75) is 11.8 Å². The molecule has 0 bridgehead atoms. The van der Waals surface area contributed by atoms with Gasteiger partial charge >= 0.3 is 0 Å². The summed E-state index contributed by atoms with van der Waals surface area (Å²) >= 11 is 0. The first kappa shape index (κ1) is 24.8. The van der Waals surface area contributed by atoms with E-state index in [1.54, 1.807) is 30.8 Å². The number of anilines is 2. The molecule has 9 nitrogen and oxygen atoms in total. The molecule has 0 aliphatic rings. The van der Waals surface area contributed by atoms with Crippen LogP contribution in [0.2, 0.25) is 0 Å². The van der Waals surface area contributed by atoms with E-state index in [1.807, 2.05) is 30.3 Å². The van der Waals surface area contributed by atoms with Gasteiger partial charge in [0.2, 0.25) is 0 Å². The molecule has 0 atom stereocenters. The van der Waals surface area contributed by atoms with Gasteiger partial charge in [0.25, 0.3) is 21.5 Å². The van der Waals surface area contributed by atoms with Crippen LogP contribution in [0.4, 0.5) is 11.4 Å². The average Bonchev–Trinajstić information content (AvgIpc) is 3.11.